The van der Waals surface area contributed by atoms with Gasteiger partial charge in [-0.1, -0.05) is 24.7 Å². The van der Waals surface area contributed by atoms with Gasteiger partial charge < -0.3 is 5.73 Å². The molecule has 1 aromatic rings. The van der Waals surface area contributed by atoms with Gasteiger partial charge in [-0.15, -0.1) is 0 Å². The smallest absolute Gasteiger partial charge is 0.243 e. The molecule has 2 N–H and O–H groups in total. The Morgan fingerprint density at radius 2 is 2.11 bits per heavy atom. The maximum Gasteiger partial charge on any atom is 0.243 e. The Labute approximate surface area is 117 Å². The van der Waals surface area contributed by atoms with E-state index in [9.17, 15) is 12.8 Å². The van der Waals surface area contributed by atoms with E-state index in [0.29, 0.717) is 0 Å². The van der Waals surface area contributed by atoms with Crippen LogP contribution in [0.4, 0.5) is 4.39 Å². The van der Waals surface area contributed by atoms with Crippen LogP contribution in [0.1, 0.15) is 24.8 Å². The third-order valence-corrected chi connectivity index (χ3v) is 5.62. The molecule has 0 aliphatic heterocycles. The van der Waals surface area contributed by atoms with Crippen molar-refractivity contribution in [1.82, 2.24) is 4.31 Å². The van der Waals surface area contributed by atoms with Crippen LogP contribution in [0.5, 0.6) is 0 Å². The molecule has 19 heavy (non-hydrogen) atoms. The van der Waals surface area contributed by atoms with Crippen molar-refractivity contribution < 1.29 is 12.8 Å². The van der Waals surface area contributed by atoms with Gasteiger partial charge in [0.05, 0.1) is 10.5 Å². The average Bonchev–Trinajstić information content (AvgIpc) is 2.25. The van der Waals surface area contributed by atoms with Crippen LogP contribution in [0.3, 0.4) is 0 Å². The number of hydrogen-bond acceptors (Lipinski definition) is 3. The Morgan fingerprint density at radius 1 is 1.47 bits per heavy atom. The Bertz CT molecular complexity index is 612. The molecule has 1 saturated carbocycles. The number of nitrogens with two attached hydrogens (primary N) is 1. The van der Waals surface area contributed by atoms with Crippen LogP contribution in [-0.2, 0) is 10.0 Å². The fraction of sp³-hybridized carbons (Fsp3) is 0.417. The van der Waals surface area contributed by atoms with Crippen LogP contribution in [0, 0.1) is 5.82 Å². The molecular formula is C12H15FN2O2S2. The van der Waals surface area contributed by atoms with Crippen molar-refractivity contribution >= 4 is 27.2 Å². The number of thiocarbonyl (C=S) groups is 1. The third kappa shape index (κ3) is 2.50. The molecule has 0 aromatic heterocycles. The molecule has 0 saturated heterocycles. The van der Waals surface area contributed by atoms with Crippen molar-refractivity contribution in [2.75, 3.05) is 7.05 Å². The Kier molecular flexibility index (Phi) is 3.89. The summed E-state index contributed by atoms with van der Waals surface area (Å²) >= 11 is 4.76. The number of sulfonamides is 1. The molecule has 0 spiro atoms. The number of rotatable bonds is 4. The van der Waals surface area contributed by atoms with Gasteiger partial charge in [0.2, 0.25) is 10.0 Å². The summed E-state index contributed by atoms with van der Waals surface area (Å²) in [6.45, 7) is 0. The molecule has 7 heteroatoms. The molecule has 1 aliphatic rings. The minimum atomic E-state index is -3.77. The largest absolute Gasteiger partial charge is 0.389 e. The first kappa shape index (κ1) is 14.4. The zero-order chi connectivity index (χ0) is 14.2. The van der Waals surface area contributed by atoms with Crippen LogP contribution in [0.2, 0.25) is 0 Å². The first-order valence-corrected chi connectivity index (χ1v) is 7.77. The van der Waals surface area contributed by atoms with Gasteiger partial charge in [0.25, 0.3) is 0 Å². The molecular weight excluding hydrogens is 287 g/mol. The van der Waals surface area contributed by atoms with Gasteiger partial charge >= 0.3 is 0 Å². The summed E-state index contributed by atoms with van der Waals surface area (Å²) in [5.41, 5.74) is 5.24. The predicted octanol–water partition coefficient (Wildman–Crippen LogP) is 1.63. The highest BCUT2D eigenvalue weighted by molar-refractivity contribution is 7.89. The van der Waals surface area contributed by atoms with E-state index in [2.05, 4.69) is 0 Å². The molecule has 1 aliphatic carbocycles. The summed E-state index contributed by atoms with van der Waals surface area (Å²) in [4.78, 5) is -0.409. The second-order valence-electron chi connectivity index (χ2n) is 4.58. The summed E-state index contributed by atoms with van der Waals surface area (Å²) in [6.07, 6.45) is 2.66. The summed E-state index contributed by atoms with van der Waals surface area (Å²) < 4.78 is 40.0. The SMILES string of the molecule is CN(C1CCC1)S(=O)(=O)c1cccc(F)c1C(N)=S. The van der Waals surface area contributed by atoms with Gasteiger partial charge in [-0.2, -0.15) is 4.31 Å². The lowest BCUT2D eigenvalue weighted by Gasteiger charge is -2.34. The second kappa shape index (κ2) is 5.15. The molecule has 1 fully saturated rings. The number of nitrogens with zero attached hydrogens (tertiary/aromatic N) is 1. The minimum absolute atomic E-state index is 0.0209. The normalized spacial score (nSPS) is 16.4. The molecule has 0 atom stereocenters. The van der Waals surface area contributed by atoms with Gasteiger partial charge in [-0.25, -0.2) is 12.8 Å². The lowest BCUT2D eigenvalue weighted by Crippen LogP contribution is -2.41. The highest BCUT2D eigenvalue weighted by Gasteiger charge is 2.34. The molecule has 104 valence electrons. The molecule has 1 aromatic carbocycles. The van der Waals surface area contributed by atoms with Crippen LogP contribution in [-0.4, -0.2) is 30.8 Å². The van der Waals surface area contributed by atoms with Crippen molar-refractivity contribution in [3.05, 3.63) is 29.6 Å². The molecule has 2 rings (SSSR count). The van der Waals surface area contributed by atoms with E-state index in [1.165, 1.54) is 23.5 Å². The van der Waals surface area contributed by atoms with Crippen LogP contribution in [0.15, 0.2) is 23.1 Å². The van der Waals surface area contributed by atoms with E-state index >= 15 is 0 Å². The second-order valence-corrected chi connectivity index (χ2v) is 6.99. The van der Waals surface area contributed by atoms with Crippen molar-refractivity contribution in [3.8, 4) is 0 Å². The highest BCUT2D eigenvalue weighted by atomic mass is 32.2. The van der Waals surface area contributed by atoms with E-state index in [-0.39, 0.29) is 21.5 Å². The third-order valence-electron chi connectivity index (χ3n) is 3.47. The van der Waals surface area contributed by atoms with Crippen LogP contribution in [0.25, 0.3) is 0 Å². The van der Waals surface area contributed by atoms with Crippen molar-refractivity contribution in [2.24, 2.45) is 5.73 Å². The fourth-order valence-electron chi connectivity index (χ4n) is 2.06. The van der Waals surface area contributed by atoms with E-state index in [1.54, 1.807) is 0 Å². The first-order valence-electron chi connectivity index (χ1n) is 5.92. The first-order chi connectivity index (χ1) is 8.85. The molecule has 0 unspecified atom stereocenters. The van der Waals surface area contributed by atoms with E-state index in [1.807, 2.05) is 0 Å². The summed E-state index contributed by atoms with van der Waals surface area (Å²) in [5, 5.41) is 0. The Balaban J connectivity index is 2.51. The zero-order valence-electron chi connectivity index (χ0n) is 10.5. The van der Waals surface area contributed by atoms with E-state index in [4.69, 9.17) is 18.0 Å². The summed E-state index contributed by atoms with van der Waals surface area (Å²) in [7, 11) is -2.26. The lowest BCUT2D eigenvalue weighted by atomic mass is 9.94. The van der Waals surface area contributed by atoms with Crippen molar-refractivity contribution in [3.63, 3.8) is 0 Å². The van der Waals surface area contributed by atoms with Crippen LogP contribution >= 0.6 is 12.2 Å². The molecule has 0 heterocycles. The van der Waals surface area contributed by atoms with Gasteiger partial charge in [0, 0.05) is 13.1 Å². The van der Waals surface area contributed by atoms with E-state index in [0.717, 1.165) is 25.3 Å². The lowest BCUT2D eigenvalue weighted by molar-refractivity contribution is 0.249. The minimum Gasteiger partial charge on any atom is -0.389 e. The quantitative estimate of drug-likeness (QED) is 0.859. The van der Waals surface area contributed by atoms with Gasteiger partial charge in [-0.05, 0) is 25.0 Å². The van der Waals surface area contributed by atoms with Gasteiger partial charge in [-0.3, -0.25) is 0 Å². The van der Waals surface area contributed by atoms with Crippen molar-refractivity contribution in [1.29, 1.82) is 0 Å². The van der Waals surface area contributed by atoms with Crippen LogP contribution < -0.4 is 5.73 Å². The van der Waals surface area contributed by atoms with Gasteiger partial charge in [0.15, 0.2) is 0 Å². The fourth-order valence-corrected chi connectivity index (χ4v) is 3.96. The van der Waals surface area contributed by atoms with E-state index < -0.39 is 15.8 Å². The van der Waals surface area contributed by atoms with Crippen molar-refractivity contribution in [2.45, 2.75) is 30.2 Å². The standard InChI is InChI=1S/C12H15FN2O2S2/c1-15(8-4-2-5-8)19(16,17)10-7-3-6-9(13)11(10)12(14)18/h3,6-8H,2,4-5H2,1H3,(H2,14,18). The molecule has 0 amide bonds. The Morgan fingerprint density at radius 3 is 2.58 bits per heavy atom. The number of hydrogen-bond donors (Lipinski definition) is 1. The topological polar surface area (TPSA) is 63.4 Å². The van der Waals surface area contributed by atoms with Gasteiger partial charge in [0.1, 0.15) is 10.8 Å². The maximum atomic E-state index is 13.7. The average molecular weight is 302 g/mol. The monoisotopic (exact) mass is 302 g/mol. The molecule has 0 bridgehead atoms. The zero-order valence-corrected chi connectivity index (χ0v) is 12.1. The Hall–Kier alpha value is -1.05. The highest BCUT2D eigenvalue weighted by Crippen LogP contribution is 2.30. The summed E-state index contributed by atoms with van der Waals surface area (Å²) in [6, 6.07) is 3.81. The predicted molar refractivity (Wildman–Crippen MR) is 74.9 cm³/mol. The molecule has 0 radical (unpaired) electrons. The summed E-state index contributed by atoms with van der Waals surface area (Å²) in [5.74, 6) is -0.712. The number of benzene rings is 1. The molecule has 4 nitrogen and oxygen atoms in total. The number of halogens is 1. The maximum absolute atomic E-state index is 13.7.